The first kappa shape index (κ1) is 24.5. The summed E-state index contributed by atoms with van der Waals surface area (Å²) in [6.07, 6.45) is 0.725. The minimum absolute atomic E-state index is 0.168. The van der Waals surface area contributed by atoms with Gasteiger partial charge in [-0.25, -0.2) is 14.8 Å². The van der Waals surface area contributed by atoms with E-state index < -0.39 is 5.97 Å². The van der Waals surface area contributed by atoms with Crippen LogP contribution in [-0.4, -0.2) is 25.6 Å². The molecule has 0 fully saturated rings. The van der Waals surface area contributed by atoms with Crippen LogP contribution < -0.4 is 4.74 Å². The van der Waals surface area contributed by atoms with Gasteiger partial charge in [-0.2, -0.15) is 0 Å². The van der Waals surface area contributed by atoms with Crippen LogP contribution in [-0.2, 0) is 19.6 Å². The quantitative estimate of drug-likeness (QED) is 0.228. The fourth-order valence-corrected chi connectivity index (χ4v) is 4.74. The number of aryl methyl sites for hydroxylation is 2. The summed E-state index contributed by atoms with van der Waals surface area (Å²) in [6.45, 7) is 4.64. The molecule has 1 N–H and O–H groups in total. The summed E-state index contributed by atoms with van der Waals surface area (Å²) in [5, 5.41) is 10.1. The van der Waals surface area contributed by atoms with E-state index in [0.29, 0.717) is 23.0 Å². The lowest BCUT2D eigenvalue weighted by molar-refractivity contribution is 0.0693. The zero-order valence-electron chi connectivity index (χ0n) is 20.6. The molecular weight excluding hydrogens is 486 g/mol. The number of aromatic nitrogens is 3. The molecule has 0 spiro atoms. The highest BCUT2D eigenvalue weighted by atomic mass is 35.5. The average molecular weight is 512 g/mol. The van der Waals surface area contributed by atoms with Gasteiger partial charge in [0.05, 0.1) is 28.8 Å². The molecule has 0 bridgehead atoms. The van der Waals surface area contributed by atoms with Crippen molar-refractivity contribution < 1.29 is 14.6 Å². The second-order valence-corrected chi connectivity index (χ2v) is 9.16. The van der Waals surface area contributed by atoms with Crippen molar-refractivity contribution in [3.8, 4) is 17.0 Å². The van der Waals surface area contributed by atoms with Crippen molar-refractivity contribution in [1.82, 2.24) is 14.5 Å². The van der Waals surface area contributed by atoms with Crippen LogP contribution in [0.1, 0.15) is 39.8 Å². The normalized spacial score (nSPS) is 11.1. The van der Waals surface area contributed by atoms with Gasteiger partial charge in [-0.3, -0.25) is 0 Å². The number of hydrogen-bond acceptors (Lipinski definition) is 4. The Bertz CT molecular complexity index is 1600. The predicted octanol–water partition coefficient (Wildman–Crippen LogP) is 6.95. The van der Waals surface area contributed by atoms with E-state index in [1.165, 1.54) is 0 Å². The van der Waals surface area contributed by atoms with Gasteiger partial charge < -0.3 is 14.4 Å². The van der Waals surface area contributed by atoms with Gasteiger partial charge in [-0.1, -0.05) is 67.1 Å². The standard InChI is InChI=1S/C30H26ClN3O3/c1-3-20-10-7-11-24(30(35)36)25(20)18-37-23-13-15-27-28(16-23)34(19(2)32-27)17-22-12-14-26(33-29(22)31)21-8-5-4-6-9-21/h4-16H,3,17-18H2,1-2H3,(H,35,36). The minimum atomic E-state index is -0.957. The number of aromatic carboxylic acids is 1. The van der Waals surface area contributed by atoms with Crippen LogP contribution in [0, 0.1) is 6.92 Å². The molecule has 37 heavy (non-hydrogen) atoms. The number of halogens is 1. The lowest BCUT2D eigenvalue weighted by Gasteiger charge is -2.14. The molecule has 5 aromatic rings. The number of carboxylic acids is 1. The molecule has 3 aromatic carbocycles. The van der Waals surface area contributed by atoms with Crippen LogP contribution >= 0.6 is 11.6 Å². The van der Waals surface area contributed by atoms with Crippen LogP contribution in [0.15, 0.2) is 78.9 Å². The number of imidazole rings is 1. The lowest BCUT2D eigenvalue weighted by Crippen LogP contribution is -2.09. The molecule has 0 saturated carbocycles. The molecule has 7 heteroatoms. The fourth-order valence-electron chi connectivity index (χ4n) is 4.53. The summed E-state index contributed by atoms with van der Waals surface area (Å²) >= 11 is 6.60. The zero-order chi connectivity index (χ0) is 25.9. The van der Waals surface area contributed by atoms with Gasteiger partial charge in [0.2, 0.25) is 0 Å². The summed E-state index contributed by atoms with van der Waals surface area (Å²) in [6, 6.07) is 24.9. The number of rotatable bonds is 8. The molecule has 0 aliphatic carbocycles. The second-order valence-electron chi connectivity index (χ2n) is 8.80. The van der Waals surface area contributed by atoms with E-state index in [2.05, 4.69) is 9.55 Å². The van der Waals surface area contributed by atoms with Crippen LogP contribution in [0.25, 0.3) is 22.3 Å². The molecular formula is C30H26ClN3O3. The maximum Gasteiger partial charge on any atom is 0.336 e. The van der Waals surface area contributed by atoms with Gasteiger partial charge in [0, 0.05) is 22.8 Å². The molecule has 0 unspecified atom stereocenters. The Kier molecular flexibility index (Phi) is 6.93. The molecule has 186 valence electrons. The van der Waals surface area contributed by atoms with Crippen molar-refractivity contribution in [1.29, 1.82) is 0 Å². The van der Waals surface area contributed by atoms with Crippen molar-refractivity contribution >= 4 is 28.6 Å². The molecule has 6 nitrogen and oxygen atoms in total. The summed E-state index contributed by atoms with van der Waals surface area (Å²) < 4.78 is 8.17. The molecule has 5 rings (SSSR count). The molecule has 0 atom stereocenters. The largest absolute Gasteiger partial charge is 0.489 e. The van der Waals surface area contributed by atoms with Gasteiger partial charge in [-0.15, -0.1) is 0 Å². The Hall–Kier alpha value is -4.16. The van der Waals surface area contributed by atoms with Crippen molar-refractivity contribution in [2.24, 2.45) is 0 Å². The summed E-state index contributed by atoms with van der Waals surface area (Å²) in [7, 11) is 0. The Balaban J connectivity index is 1.42. The van der Waals surface area contributed by atoms with E-state index >= 15 is 0 Å². The van der Waals surface area contributed by atoms with Crippen LogP contribution in [0.2, 0.25) is 5.15 Å². The van der Waals surface area contributed by atoms with Crippen LogP contribution in [0.4, 0.5) is 0 Å². The summed E-state index contributed by atoms with van der Waals surface area (Å²) in [5.41, 5.74) is 6.39. The van der Waals surface area contributed by atoms with Gasteiger partial charge in [0.25, 0.3) is 0 Å². The number of carbonyl (C=O) groups is 1. The van der Waals surface area contributed by atoms with Gasteiger partial charge in [-0.05, 0) is 43.2 Å². The molecule has 0 saturated heterocycles. The van der Waals surface area contributed by atoms with Crippen molar-refractivity contribution in [2.75, 3.05) is 0 Å². The van der Waals surface area contributed by atoms with Gasteiger partial charge >= 0.3 is 5.97 Å². The van der Waals surface area contributed by atoms with Crippen molar-refractivity contribution in [2.45, 2.75) is 33.4 Å². The predicted molar refractivity (Wildman–Crippen MR) is 145 cm³/mol. The summed E-state index contributed by atoms with van der Waals surface area (Å²) in [4.78, 5) is 21.0. The molecule has 0 amide bonds. The number of nitrogens with zero attached hydrogens (tertiary/aromatic N) is 3. The van der Waals surface area contributed by atoms with Crippen LogP contribution in [0.5, 0.6) is 5.75 Å². The maximum atomic E-state index is 11.7. The molecule has 0 radical (unpaired) electrons. The molecule has 0 aliphatic rings. The van der Waals surface area contributed by atoms with E-state index in [9.17, 15) is 9.90 Å². The highest BCUT2D eigenvalue weighted by molar-refractivity contribution is 6.30. The van der Waals surface area contributed by atoms with Gasteiger partial charge in [0.1, 0.15) is 23.3 Å². The number of hydrogen-bond donors (Lipinski definition) is 1. The van der Waals surface area contributed by atoms with Crippen molar-refractivity contribution in [3.05, 3.63) is 112 Å². The Morgan fingerprint density at radius 2 is 1.78 bits per heavy atom. The minimum Gasteiger partial charge on any atom is -0.489 e. The van der Waals surface area contributed by atoms with E-state index in [1.54, 1.807) is 12.1 Å². The first-order valence-corrected chi connectivity index (χ1v) is 12.5. The Labute approximate surface area is 220 Å². The number of benzene rings is 3. The fraction of sp³-hybridized carbons (Fsp3) is 0.167. The number of pyridine rings is 1. The van der Waals surface area contributed by atoms with Crippen molar-refractivity contribution in [3.63, 3.8) is 0 Å². The highest BCUT2D eigenvalue weighted by Gasteiger charge is 2.16. The number of fused-ring (bicyclic) bond motifs is 1. The van der Waals surface area contributed by atoms with E-state index in [4.69, 9.17) is 21.3 Å². The first-order valence-electron chi connectivity index (χ1n) is 12.1. The highest BCUT2D eigenvalue weighted by Crippen LogP contribution is 2.27. The van der Waals surface area contributed by atoms with E-state index in [-0.39, 0.29) is 12.2 Å². The second kappa shape index (κ2) is 10.4. The SMILES string of the molecule is CCc1cccc(C(=O)O)c1COc1ccc2nc(C)n(Cc3ccc(-c4ccccc4)nc3Cl)c2c1. The van der Waals surface area contributed by atoms with E-state index in [1.807, 2.05) is 80.6 Å². The lowest BCUT2D eigenvalue weighted by atomic mass is 10.00. The molecule has 2 aromatic heterocycles. The molecule has 2 heterocycles. The average Bonchev–Trinajstić information content (AvgIpc) is 3.22. The number of carboxylic acid groups (broad SMARTS) is 1. The maximum absolute atomic E-state index is 11.7. The smallest absolute Gasteiger partial charge is 0.336 e. The zero-order valence-corrected chi connectivity index (χ0v) is 21.4. The Morgan fingerprint density at radius 3 is 2.51 bits per heavy atom. The molecule has 0 aliphatic heterocycles. The van der Waals surface area contributed by atoms with Gasteiger partial charge in [0.15, 0.2) is 0 Å². The third-order valence-corrected chi connectivity index (χ3v) is 6.83. The topological polar surface area (TPSA) is 77.2 Å². The van der Waals surface area contributed by atoms with E-state index in [0.717, 1.165) is 45.7 Å². The van der Waals surface area contributed by atoms with Crippen LogP contribution in [0.3, 0.4) is 0 Å². The summed E-state index contributed by atoms with van der Waals surface area (Å²) in [5.74, 6) is 0.529. The Morgan fingerprint density at radius 1 is 0.973 bits per heavy atom. The monoisotopic (exact) mass is 511 g/mol. The third-order valence-electron chi connectivity index (χ3n) is 6.50. The third kappa shape index (κ3) is 5.06. The first-order chi connectivity index (χ1) is 17.9. The number of ether oxygens (including phenoxy) is 1.